The first kappa shape index (κ1) is 11.5. The highest BCUT2D eigenvalue weighted by molar-refractivity contribution is 5.29. The van der Waals surface area contributed by atoms with Crippen LogP contribution in [0.4, 0.5) is 5.95 Å². The Balaban J connectivity index is 1.85. The minimum Gasteiger partial charge on any atom is -0.359 e. The number of rotatable bonds is 4. The van der Waals surface area contributed by atoms with E-state index in [1.165, 1.54) is 49.9 Å². The number of imidazole rings is 1. The molecule has 1 aliphatic rings. The van der Waals surface area contributed by atoms with Crippen molar-refractivity contribution in [3.05, 3.63) is 11.4 Å². The van der Waals surface area contributed by atoms with Gasteiger partial charge in [0.1, 0.15) is 0 Å². The topological polar surface area (TPSA) is 40.7 Å². The first-order valence-electron chi connectivity index (χ1n) is 6.53. The Morgan fingerprint density at radius 1 is 1.31 bits per heavy atom. The third kappa shape index (κ3) is 2.77. The van der Waals surface area contributed by atoms with Gasteiger partial charge in [0.15, 0.2) is 5.95 Å². The lowest BCUT2D eigenvalue weighted by atomic mass is 9.86. The van der Waals surface area contributed by atoms with Gasteiger partial charge in [0.25, 0.3) is 0 Å². The van der Waals surface area contributed by atoms with E-state index in [2.05, 4.69) is 22.2 Å². The SMILES string of the molecule is CNc1nc(CCC2CCCCC2)c(C)[nH]1. The third-order valence-electron chi connectivity index (χ3n) is 3.74. The van der Waals surface area contributed by atoms with Crippen molar-refractivity contribution < 1.29 is 0 Å². The molecular formula is C13H23N3. The second-order valence-corrected chi connectivity index (χ2v) is 4.95. The van der Waals surface area contributed by atoms with Crippen LogP contribution in [0.3, 0.4) is 0 Å². The summed E-state index contributed by atoms with van der Waals surface area (Å²) in [5, 5.41) is 3.06. The second kappa shape index (κ2) is 5.37. The van der Waals surface area contributed by atoms with Crippen LogP contribution in [0.1, 0.15) is 49.9 Å². The molecule has 1 saturated carbocycles. The summed E-state index contributed by atoms with van der Waals surface area (Å²) in [7, 11) is 1.91. The van der Waals surface area contributed by atoms with Gasteiger partial charge >= 0.3 is 0 Å². The maximum atomic E-state index is 4.55. The van der Waals surface area contributed by atoms with E-state index < -0.39 is 0 Å². The zero-order valence-electron chi connectivity index (χ0n) is 10.5. The van der Waals surface area contributed by atoms with E-state index in [0.29, 0.717) is 0 Å². The molecule has 0 spiro atoms. The number of aromatic nitrogens is 2. The first-order valence-corrected chi connectivity index (χ1v) is 6.53. The molecule has 3 heteroatoms. The molecule has 0 unspecified atom stereocenters. The molecule has 2 N–H and O–H groups in total. The second-order valence-electron chi connectivity index (χ2n) is 4.95. The average molecular weight is 221 g/mol. The summed E-state index contributed by atoms with van der Waals surface area (Å²) >= 11 is 0. The van der Waals surface area contributed by atoms with E-state index in [0.717, 1.165) is 18.3 Å². The van der Waals surface area contributed by atoms with Crippen LogP contribution in [0.5, 0.6) is 0 Å². The van der Waals surface area contributed by atoms with E-state index in [-0.39, 0.29) is 0 Å². The summed E-state index contributed by atoms with van der Waals surface area (Å²) in [4.78, 5) is 7.81. The standard InChI is InChI=1S/C13H23N3/c1-10-12(16-13(14-2)15-10)9-8-11-6-4-3-5-7-11/h11H,3-9H2,1-2H3,(H2,14,15,16). The fraction of sp³-hybridized carbons (Fsp3) is 0.769. The molecule has 90 valence electrons. The predicted octanol–water partition coefficient (Wildman–Crippen LogP) is 3.27. The number of anilines is 1. The predicted molar refractivity (Wildman–Crippen MR) is 67.8 cm³/mol. The fourth-order valence-electron chi connectivity index (χ4n) is 2.67. The van der Waals surface area contributed by atoms with Crippen molar-refractivity contribution in [2.45, 2.75) is 51.9 Å². The number of hydrogen-bond acceptors (Lipinski definition) is 2. The molecule has 0 saturated heterocycles. The van der Waals surface area contributed by atoms with Gasteiger partial charge in [0.2, 0.25) is 0 Å². The van der Waals surface area contributed by atoms with Crippen LogP contribution in [0.15, 0.2) is 0 Å². The molecular weight excluding hydrogens is 198 g/mol. The minimum absolute atomic E-state index is 0.899. The van der Waals surface area contributed by atoms with Crippen molar-refractivity contribution in [1.29, 1.82) is 0 Å². The van der Waals surface area contributed by atoms with Crippen molar-refractivity contribution in [3.8, 4) is 0 Å². The number of hydrogen-bond donors (Lipinski definition) is 2. The molecule has 16 heavy (non-hydrogen) atoms. The highest BCUT2D eigenvalue weighted by atomic mass is 15.1. The lowest BCUT2D eigenvalue weighted by Gasteiger charge is -2.20. The molecule has 0 aromatic carbocycles. The highest BCUT2D eigenvalue weighted by Crippen LogP contribution is 2.27. The monoisotopic (exact) mass is 221 g/mol. The van der Waals surface area contributed by atoms with Crippen molar-refractivity contribution in [1.82, 2.24) is 9.97 Å². The molecule has 1 fully saturated rings. The zero-order chi connectivity index (χ0) is 11.4. The van der Waals surface area contributed by atoms with Crippen LogP contribution in [0, 0.1) is 12.8 Å². The molecule has 2 rings (SSSR count). The van der Waals surface area contributed by atoms with E-state index >= 15 is 0 Å². The summed E-state index contributed by atoms with van der Waals surface area (Å²) in [6.07, 6.45) is 9.63. The normalized spacial score (nSPS) is 17.6. The van der Waals surface area contributed by atoms with E-state index in [4.69, 9.17) is 0 Å². The highest BCUT2D eigenvalue weighted by Gasteiger charge is 2.14. The molecule has 0 atom stereocenters. The van der Waals surface area contributed by atoms with Crippen LogP contribution in [0.2, 0.25) is 0 Å². The maximum Gasteiger partial charge on any atom is 0.200 e. The van der Waals surface area contributed by atoms with Crippen LogP contribution < -0.4 is 5.32 Å². The van der Waals surface area contributed by atoms with E-state index in [9.17, 15) is 0 Å². The molecule has 0 aliphatic heterocycles. The van der Waals surface area contributed by atoms with Gasteiger partial charge in [-0.15, -0.1) is 0 Å². The fourth-order valence-corrected chi connectivity index (χ4v) is 2.67. The van der Waals surface area contributed by atoms with Crippen molar-refractivity contribution in [2.75, 3.05) is 12.4 Å². The van der Waals surface area contributed by atoms with Crippen LogP contribution in [-0.4, -0.2) is 17.0 Å². The largest absolute Gasteiger partial charge is 0.359 e. The van der Waals surface area contributed by atoms with E-state index in [1.54, 1.807) is 0 Å². The van der Waals surface area contributed by atoms with Gasteiger partial charge in [-0.2, -0.15) is 0 Å². The number of nitrogens with one attached hydrogen (secondary N) is 2. The van der Waals surface area contributed by atoms with E-state index in [1.807, 2.05) is 7.05 Å². The number of H-pyrrole nitrogens is 1. The number of aryl methyl sites for hydroxylation is 2. The Labute approximate surface area is 98.1 Å². The Morgan fingerprint density at radius 3 is 2.69 bits per heavy atom. The number of nitrogens with zero attached hydrogens (tertiary/aromatic N) is 1. The number of aromatic amines is 1. The summed E-state index contributed by atoms with van der Waals surface area (Å²) in [5.74, 6) is 1.85. The Morgan fingerprint density at radius 2 is 2.06 bits per heavy atom. The molecule has 0 amide bonds. The van der Waals surface area contributed by atoms with Gasteiger partial charge in [-0.25, -0.2) is 4.98 Å². The lowest BCUT2D eigenvalue weighted by Crippen LogP contribution is -2.07. The Kier molecular flexibility index (Phi) is 3.86. The van der Waals surface area contributed by atoms with Crippen molar-refractivity contribution >= 4 is 5.95 Å². The molecule has 3 nitrogen and oxygen atoms in total. The Hall–Kier alpha value is -0.990. The summed E-state index contributed by atoms with van der Waals surface area (Å²) in [5.41, 5.74) is 2.47. The summed E-state index contributed by atoms with van der Waals surface area (Å²) in [6, 6.07) is 0. The van der Waals surface area contributed by atoms with Crippen LogP contribution in [-0.2, 0) is 6.42 Å². The molecule has 1 aromatic heterocycles. The summed E-state index contributed by atoms with van der Waals surface area (Å²) in [6.45, 7) is 2.12. The lowest BCUT2D eigenvalue weighted by molar-refractivity contribution is 0.338. The molecule has 1 aromatic rings. The first-order chi connectivity index (χ1) is 7.79. The van der Waals surface area contributed by atoms with Gasteiger partial charge in [-0.1, -0.05) is 32.1 Å². The van der Waals surface area contributed by atoms with Gasteiger partial charge in [-0.05, 0) is 25.7 Å². The molecule has 1 heterocycles. The van der Waals surface area contributed by atoms with Crippen molar-refractivity contribution in [3.63, 3.8) is 0 Å². The molecule has 1 aliphatic carbocycles. The van der Waals surface area contributed by atoms with Gasteiger partial charge < -0.3 is 10.3 Å². The van der Waals surface area contributed by atoms with Gasteiger partial charge in [0, 0.05) is 12.7 Å². The van der Waals surface area contributed by atoms with Gasteiger partial charge in [-0.3, -0.25) is 0 Å². The molecule has 0 bridgehead atoms. The molecule has 0 radical (unpaired) electrons. The summed E-state index contributed by atoms with van der Waals surface area (Å²) < 4.78 is 0. The minimum atomic E-state index is 0.899. The zero-order valence-corrected chi connectivity index (χ0v) is 10.5. The average Bonchev–Trinajstić information content (AvgIpc) is 2.69. The van der Waals surface area contributed by atoms with Gasteiger partial charge in [0.05, 0.1) is 5.69 Å². The smallest absolute Gasteiger partial charge is 0.200 e. The van der Waals surface area contributed by atoms with Crippen molar-refractivity contribution in [2.24, 2.45) is 5.92 Å². The van der Waals surface area contributed by atoms with Crippen LogP contribution >= 0.6 is 0 Å². The Bertz CT molecular complexity index is 324. The third-order valence-corrected chi connectivity index (χ3v) is 3.74. The quantitative estimate of drug-likeness (QED) is 0.819. The maximum absolute atomic E-state index is 4.55. The van der Waals surface area contributed by atoms with Crippen LogP contribution in [0.25, 0.3) is 0 Å².